The molecule has 0 saturated carbocycles. The summed E-state index contributed by atoms with van der Waals surface area (Å²) in [5.74, 6) is 0.644. The lowest BCUT2D eigenvalue weighted by atomic mass is 9.90. The van der Waals surface area contributed by atoms with Gasteiger partial charge in [-0.15, -0.1) is 0 Å². The molecule has 0 spiro atoms. The van der Waals surface area contributed by atoms with Crippen molar-refractivity contribution >= 4 is 29.7 Å². The van der Waals surface area contributed by atoms with Gasteiger partial charge in [0.05, 0.1) is 0 Å². The van der Waals surface area contributed by atoms with E-state index in [2.05, 4.69) is 29.5 Å². The Morgan fingerprint density at radius 2 is 1.80 bits per heavy atom. The molecule has 1 aliphatic rings. The van der Waals surface area contributed by atoms with Gasteiger partial charge in [0.15, 0.2) is 0 Å². The molecular weight excluding hydrogens is 302 g/mol. The molecule has 4 heteroatoms. The Kier molecular flexibility index (Phi) is 8.10. The third kappa shape index (κ3) is 6.12. The third-order valence-corrected chi connectivity index (χ3v) is 3.60. The van der Waals surface area contributed by atoms with Crippen LogP contribution in [0.25, 0.3) is 0 Å². The van der Waals surface area contributed by atoms with Gasteiger partial charge in [-0.05, 0) is 6.42 Å². The normalized spacial score (nSPS) is 18.4. The highest BCUT2D eigenvalue weighted by molar-refractivity contribution is 14.1. The average Bonchev–Trinajstić information content (AvgIpc) is 2.30. The largest absolute Gasteiger partial charge is 0.467 e. The van der Waals surface area contributed by atoms with Crippen molar-refractivity contribution in [3.63, 3.8) is 0 Å². The molecule has 0 radical (unpaired) electrons. The highest BCUT2D eigenvalue weighted by Gasteiger charge is 2.25. The molecule has 2 nitrogen and oxygen atoms in total. The molecule has 88 valence electrons. The van der Waals surface area contributed by atoms with Crippen LogP contribution in [0.15, 0.2) is 0 Å². The second-order valence-corrected chi connectivity index (χ2v) is 5.20. The first-order valence-electron chi connectivity index (χ1n) is 6.16. The van der Waals surface area contributed by atoms with Gasteiger partial charge in [0.1, 0.15) is 0 Å². The van der Waals surface area contributed by atoms with E-state index in [0.717, 1.165) is 17.5 Å². The fourth-order valence-electron chi connectivity index (χ4n) is 1.88. The van der Waals surface area contributed by atoms with E-state index in [1.54, 1.807) is 0 Å². The average molecular weight is 324 g/mol. The molecule has 0 N–H and O–H groups in total. The van der Waals surface area contributed by atoms with Crippen LogP contribution in [0.1, 0.15) is 45.4 Å². The Morgan fingerprint density at radius 3 is 2.40 bits per heavy atom. The van der Waals surface area contributed by atoms with E-state index in [0.29, 0.717) is 5.92 Å². The van der Waals surface area contributed by atoms with Crippen LogP contribution in [0.5, 0.6) is 0 Å². The van der Waals surface area contributed by atoms with Crippen molar-refractivity contribution < 1.29 is 9.31 Å². The topological polar surface area (TPSA) is 18.5 Å². The van der Waals surface area contributed by atoms with E-state index in [1.165, 1.54) is 38.5 Å². The van der Waals surface area contributed by atoms with E-state index in [4.69, 9.17) is 9.31 Å². The van der Waals surface area contributed by atoms with Crippen molar-refractivity contribution in [1.29, 1.82) is 0 Å². The van der Waals surface area contributed by atoms with Crippen molar-refractivity contribution in [1.82, 2.24) is 0 Å². The minimum atomic E-state index is 0.0574. The van der Waals surface area contributed by atoms with Gasteiger partial charge in [0.25, 0.3) is 0 Å². The maximum Gasteiger partial charge on any atom is 0.467 e. The minimum Gasteiger partial charge on any atom is -0.410 e. The second kappa shape index (κ2) is 8.82. The van der Waals surface area contributed by atoms with Gasteiger partial charge in [-0.2, -0.15) is 0 Å². The summed E-state index contributed by atoms with van der Waals surface area (Å²) in [6.07, 6.45) is 8.09. The molecule has 0 aliphatic carbocycles. The molecule has 0 aromatic carbocycles. The van der Waals surface area contributed by atoms with Gasteiger partial charge in [-0.25, -0.2) is 0 Å². The number of halogens is 1. The summed E-state index contributed by atoms with van der Waals surface area (Å²) in [4.78, 5) is 0. The standard InChI is InChI=1S/C11H22BIO2/c1-2-3-4-5-6-7-11-8-14-12(10-13)15-9-11/h11H,2-10H2,1H3. The number of unbranched alkanes of at least 4 members (excludes halogenated alkanes) is 4. The summed E-state index contributed by atoms with van der Waals surface area (Å²) in [5.41, 5.74) is 0. The summed E-state index contributed by atoms with van der Waals surface area (Å²) in [5, 5.41) is 0. The van der Waals surface area contributed by atoms with Crippen LogP contribution >= 0.6 is 22.6 Å². The Balaban J connectivity index is 1.94. The van der Waals surface area contributed by atoms with Gasteiger partial charge in [0, 0.05) is 23.5 Å². The van der Waals surface area contributed by atoms with E-state index in [-0.39, 0.29) is 7.12 Å². The fraction of sp³-hybridized carbons (Fsp3) is 1.00. The van der Waals surface area contributed by atoms with Crippen molar-refractivity contribution in [3.05, 3.63) is 0 Å². The zero-order valence-electron chi connectivity index (χ0n) is 9.71. The quantitative estimate of drug-likeness (QED) is 0.309. The number of hydrogen-bond acceptors (Lipinski definition) is 2. The van der Waals surface area contributed by atoms with Crippen molar-refractivity contribution in [2.45, 2.75) is 45.4 Å². The first-order chi connectivity index (χ1) is 7.36. The molecule has 1 aliphatic heterocycles. The molecule has 0 bridgehead atoms. The van der Waals surface area contributed by atoms with Crippen LogP contribution in [0.4, 0.5) is 0 Å². The van der Waals surface area contributed by atoms with Crippen LogP contribution in [-0.4, -0.2) is 24.7 Å². The molecule has 0 amide bonds. The minimum absolute atomic E-state index is 0.0574. The lowest BCUT2D eigenvalue weighted by molar-refractivity contribution is 0.0772. The molecular formula is C11H22BIO2. The molecule has 0 aromatic heterocycles. The fourth-order valence-corrected chi connectivity index (χ4v) is 2.38. The Bertz CT molecular complexity index is 150. The maximum absolute atomic E-state index is 5.59. The van der Waals surface area contributed by atoms with Gasteiger partial charge in [0.2, 0.25) is 0 Å². The summed E-state index contributed by atoms with van der Waals surface area (Å²) in [6.45, 7) is 4.07. The molecule has 1 saturated heterocycles. The Labute approximate surface area is 108 Å². The zero-order chi connectivity index (χ0) is 10.9. The summed E-state index contributed by atoms with van der Waals surface area (Å²) < 4.78 is 12.1. The SMILES string of the molecule is CCCCCCCC1COB(CI)OC1. The summed E-state index contributed by atoms with van der Waals surface area (Å²) >= 11 is 2.31. The van der Waals surface area contributed by atoms with Crippen LogP contribution < -0.4 is 0 Å². The van der Waals surface area contributed by atoms with Crippen LogP contribution in [0.3, 0.4) is 0 Å². The molecule has 15 heavy (non-hydrogen) atoms. The Morgan fingerprint density at radius 1 is 1.13 bits per heavy atom. The number of hydrogen-bond donors (Lipinski definition) is 0. The van der Waals surface area contributed by atoms with E-state index >= 15 is 0 Å². The first kappa shape index (κ1) is 13.8. The van der Waals surface area contributed by atoms with Crippen molar-refractivity contribution in [3.8, 4) is 0 Å². The summed E-state index contributed by atoms with van der Waals surface area (Å²) in [7, 11) is 0.0574. The van der Waals surface area contributed by atoms with E-state index < -0.39 is 0 Å². The molecule has 1 heterocycles. The van der Waals surface area contributed by atoms with Gasteiger partial charge >= 0.3 is 7.12 Å². The van der Waals surface area contributed by atoms with Gasteiger partial charge in [-0.3, -0.25) is 0 Å². The molecule has 1 fully saturated rings. The monoisotopic (exact) mass is 324 g/mol. The van der Waals surface area contributed by atoms with Gasteiger partial charge < -0.3 is 9.31 Å². The summed E-state index contributed by atoms with van der Waals surface area (Å²) in [6, 6.07) is 0. The number of alkyl halides is 1. The zero-order valence-corrected chi connectivity index (χ0v) is 11.9. The van der Waals surface area contributed by atoms with Gasteiger partial charge in [-0.1, -0.05) is 61.6 Å². The molecule has 0 atom stereocenters. The van der Waals surface area contributed by atoms with Crippen molar-refractivity contribution in [2.24, 2.45) is 5.92 Å². The highest BCUT2D eigenvalue weighted by Crippen LogP contribution is 2.17. The van der Waals surface area contributed by atoms with E-state index in [1.807, 2.05) is 0 Å². The number of rotatable bonds is 7. The van der Waals surface area contributed by atoms with Crippen molar-refractivity contribution in [2.75, 3.05) is 17.5 Å². The lowest BCUT2D eigenvalue weighted by Crippen LogP contribution is -2.36. The van der Waals surface area contributed by atoms with E-state index in [9.17, 15) is 0 Å². The lowest BCUT2D eigenvalue weighted by Gasteiger charge is -2.26. The van der Waals surface area contributed by atoms with Crippen LogP contribution in [0, 0.1) is 5.92 Å². The maximum atomic E-state index is 5.59. The molecule has 1 rings (SSSR count). The third-order valence-electron chi connectivity index (χ3n) is 2.88. The molecule has 0 aromatic rings. The highest BCUT2D eigenvalue weighted by atomic mass is 127. The van der Waals surface area contributed by atoms with Crippen LogP contribution in [-0.2, 0) is 9.31 Å². The predicted molar refractivity (Wildman–Crippen MR) is 73.4 cm³/mol. The smallest absolute Gasteiger partial charge is 0.410 e. The second-order valence-electron chi connectivity index (χ2n) is 4.32. The Hall–Kier alpha value is 0.715. The molecule has 0 unspecified atom stereocenters. The predicted octanol–water partition coefficient (Wildman–Crippen LogP) is 3.47. The first-order valence-corrected chi connectivity index (χ1v) is 7.68. The van der Waals surface area contributed by atoms with Crippen LogP contribution in [0.2, 0.25) is 0 Å².